The minimum absolute atomic E-state index is 1.25. The minimum Gasteiger partial charge on any atom is -0.0622 e. The maximum absolute atomic E-state index is 2.46. The Morgan fingerprint density at radius 2 is 0.412 bits per heavy atom. The Kier molecular flexibility index (Phi) is 7.59. The maximum atomic E-state index is 2.46. The molecule has 0 fully saturated rings. The van der Waals surface area contributed by atoms with Crippen LogP contribution in [-0.4, -0.2) is 0 Å². The molecular formula is C68H44. The van der Waals surface area contributed by atoms with E-state index >= 15 is 0 Å². The SMILES string of the molecule is Cc1cc2c(-c3ccccc3)c3c(c(-c4ccccc4)c2cc1C)-c1ccc2c4ccc5c6c(ccc(c7ccc-3c1c72)c64)-c1c-5c(-c2ccccc2)c2cc(C)c(C)cc2c1-c1ccccc1. The smallest absolute Gasteiger partial charge is 0.000740 e. The third-order valence-electron chi connectivity index (χ3n) is 16.1. The number of aryl methyl sites for hydroxylation is 4. The summed E-state index contributed by atoms with van der Waals surface area (Å²) in [4.78, 5) is 0. The molecule has 0 bridgehead atoms. The van der Waals surface area contributed by atoms with Crippen LogP contribution in [0.4, 0.5) is 0 Å². The van der Waals surface area contributed by atoms with Gasteiger partial charge in [-0.15, -0.1) is 0 Å². The lowest BCUT2D eigenvalue weighted by molar-refractivity contribution is 1.37. The third-order valence-corrected chi connectivity index (χ3v) is 16.1. The first-order valence-corrected chi connectivity index (χ1v) is 24.1. The third kappa shape index (κ3) is 4.84. The number of fused-ring (bicyclic) bond motifs is 10. The molecule has 0 nitrogen and oxygen atoms in total. The first-order chi connectivity index (χ1) is 33.4. The van der Waals surface area contributed by atoms with Gasteiger partial charge in [-0.25, -0.2) is 0 Å². The van der Waals surface area contributed by atoms with Gasteiger partial charge in [-0.05, 0) is 204 Å². The van der Waals surface area contributed by atoms with Crippen molar-refractivity contribution >= 4 is 64.6 Å². The summed E-state index contributed by atoms with van der Waals surface area (Å²) in [5.74, 6) is 0. The van der Waals surface area contributed by atoms with Gasteiger partial charge >= 0.3 is 0 Å². The van der Waals surface area contributed by atoms with Crippen molar-refractivity contribution in [1.82, 2.24) is 0 Å². The van der Waals surface area contributed by atoms with Crippen LogP contribution in [0.15, 0.2) is 194 Å². The van der Waals surface area contributed by atoms with E-state index in [0.717, 1.165) is 0 Å². The van der Waals surface area contributed by atoms with E-state index in [9.17, 15) is 0 Å². The molecule has 68 heavy (non-hydrogen) atoms. The molecule has 0 saturated carbocycles. The lowest BCUT2D eigenvalue weighted by Gasteiger charge is -2.21. The second kappa shape index (κ2) is 13.6. The summed E-state index contributed by atoms with van der Waals surface area (Å²) in [6.07, 6.45) is 0. The van der Waals surface area contributed by atoms with Gasteiger partial charge in [-0.3, -0.25) is 0 Å². The lowest BCUT2D eigenvalue weighted by atomic mass is 9.81. The van der Waals surface area contributed by atoms with E-state index in [-0.39, 0.29) is 0 Å². The molecule has 2 aliphatic rings. The maximum Gasteiger partial charge on any atom is -0.000740 e. The monoisotopic (exact) mass is 860 g/mol. The van der Waals surface area contributed by atoms with Crippen LogP contribution in [-0.2, 0) is 0 Å². The molecule has 0 atom stereocenters. The van der Waals surface area contributed by atoms with E-state index in [1.807, 2.05) is 0 Å². The molecule has 0 unspecified atom stereocenters. The van der Waals surface area contributed by atoms with Gasteiger partial charge in [0.15, 0.2) is 0 Å². The van der Waals surface area contributed by atoms with Crippen molar-refractivity contribution in [3.63, 3.8) is 0 Å². The lowest BCUT2D eigenvalue weighted by Crippen LogP contribution is -1.95. The average Bonchev–Trinajstić information content (AvgIpc) is 3.89. The van der Waals surface area contributed by atoms with Crippen molar-refractivity contribution in [1.29, 1.82) is 0 Å². The molecule has 13 aromatic rings. The minimum atomic E-state index is 1.25. The molecular weight excluding hydrogens is 817 g/mol. The van der Waals surface area contributed by atoms with Gasteiger partial charge in [0.2, 0.25) is 0 Å². The first-order valence-electron chi connectivity index (χ1n) is 24.1. The van der Waals surface area contributed by atoms with E-state index in [4.69, 9.17) is 0 Å². The Morgan fingerprint density at radius 1 is 0.191 bits per heavy atom. The van der Waals surface area contributed by atoms with Gasteiger partial charge in [0, 0.05) is 0 Å². The quantitative estimate of drug-likeness (QED) is 0.122. The van der Waals surface area contributed by atoms with Gasteiger partial charge < -0.3 is 0 Å². The highest BCUT2D eigenvalue weighted by Gasteiger charge is 2.35. The van der Waals surface area contributed by atoms with E-state index in [0.29, 0.717) is 0 Å². The van der Waals surface area contributed by atoms with E-state index in [1.165, 1.54) is 176 Å². The Labute approximate surface area is 395 Å². The summed E-state index contributed by atoms with van der Waals surface area (Å²) in [7, 11) is 0. The highest BCUT2D eigenvalue weighted by molar-refractivity contribution is 6.42. The molecule has 13 aromatic carbocycles. The summed E-state index contributed by atoms with van der Waals surface area (Å²) >= 11 is 0. The zero-order chi connectivity index (χ0) is 45.1. The first kappa shape index (κ1) is 37.9. The number of rotatable bonds is 4. The average molecular weight is 861 g/mol. The van der Waals surface area contributed by atoms with Gasteiger partial charge in [0.05, 0.1) is 0 Å². The molecule has 2 aliphatic carbocycles. The Bertz CT molecular complexity index is 3790. The highest BCUT2D eigenvalue weighted by Crippen LogP contribution is 2.63. The number of hydrogen-bond donors (Lipinski definition) is 0. The molecule has 0 spiro atoms. The molecule has 0 radical (unpaired) electrons. The van der Waals surface area contributed by atoms with E-state index < -0.39 is 0 Å². The van der Waals surface area contributed by atoms with Crippen LogP contribution < -0.4 is 0 Å². The van der Waals surface area contributed by atoms with E-state index in [1.54, 1.807) is 0 Å². The van der Waals surface area contributed by atoms with Crippen LogP contribution in [0.5, 0.6) is 0 Å². The molecule has 316 valence electrons. The Hall–Kier alpha value is -8.32. The summed E-state index contributed by atoms with van der Waals surface area (Å²) < 4.78 is 0. The summed E-state index contributed by atoms with van der Waals surface area (Å²) in [6, 6.07) is 74.0. The van der Waals surface area contributed by atoms with Crippen molar-refractivity contribution in [3.8, 4) is 89.0 Å². The topological polar surface area (TPSA) is 0 Å². The predicted octanol–water partition coefficient (Wildman–Crippen LogP) is 19.2. The van der Waals surface area contributed by atoms with Gasteiger partial charge in [-0.1, -0.05) is 194 Å². The normalized spacial score (nSPS) is 12.4. The Morgan fingerprint density at radius 3 is 0.632 bits per heavy atom. The molecule has 15 rings (SSSR count). The molecule has 0 heterocycles. The zero-order valence-electron chi connectivity index (χ0n) is 38.5. The van der Waals surface area contributed by atoms with Gasteiger partial charge in [0.1, 0.15) is 0 Å². The second-order valence-corrected chi connectivity index (χ2v) is 19.6. The van der Waals surface area contributed by atoms with Crippen LogP contribution >= 0.6 is 0 Å². The largest absolute Gasteiger partial charge is 0.0622 e. The number of hydrogen-bond acceptors (Lipinski definition) is 0. The fourth-order valence-electron chi connectivity index (χ4n) is 12.9. The van der Waals surface area contributed by atoms with Crippen molar-refractivity contribution < 1.29 is 0 Å². The van der Waals surface area contributed by atoms with Crippen molar-refractivity contribution in [2.24, 2.45) is 0 Å². The standard InChI is InChI=1S/C68H44/c1-37-33-53-54(34-38(37)2)58(42-19-11-6-12-20-42)66-50-30-26-46-48-28-32-52-64-51(31-27-47(62(48)64)45-25-29-49(63(50)61(45)46)65(66)57(53)41-17-9-5-10-18-41)67-59(43-21-13-7-14-22-43)55-35-39(3)40(4)36-56(55)60(68(52)67)44-23-15-8-16-24-44/h5-36H,1-4H3. The molecule has 0 heteroatoms. The summed E-state index contributed by atoms with van der Waals surface area (Å²) in [6.45, 7) is 9.05. The van der Waals surface area contributed by atoms with Gasteiger partial charge in [0.25, 0.3) is 0 Å². The highest BCUT2D eigenvalue weighted by atomic mass is 14.4. The Balaban J connectivity index is 1.09. The van der Waals surface area contributed by atoms with Gasteiger partial charge in [-0.2, -0.15) is 0 Å². The fourth-order valence-corrected chi connectivity index (χ4v) is 12.9. The van der Waals surface area contributed by atoms with E-state index in [2.05, 4.69) is 222 Å². The molecule has 0 aromatic heterocycles. The van der Waals surface area contributed by atoms with Crippen LogP contribution in [0.3, 0.4) is 0 Å². The van der Waals surface area contributed by atoms with Crippen LogP contribution in [0.25, 0.3) is 154 Å². The molecule has 0 saturated heterocycles. The molecule has 0 aliphatic heterocycles. The van der Waals surface area contributed by atoms with Crippen molar-refractivity contribution in [2.75, 3.05) is 0 Å². The predicted molar refractivity (Wildman–Crippen MR) is 292 cm³/mol. The van der Waals surface area contributed by atoms with Crippen LogP contribution in [0.2, 0.25) is 0 Å². The van der Waals surface area contributed by atoms with Crippen LogP contribution in [0, 0.1) is 27.7 Å². The van der Waals surface area contributed by atoms with Crippen molar-refractivity contribution in [2.45, 2.75) is 27.7 Å². The number of benzene rings is 13. The second-order valence-electron chi connectivity index (χ2n) is 19.6. The summed E-state index contributed by atoms with van der Waals surface area (Å²) in [5.41, 5.74) is 26.3. The fraction of sp³-hybridized carbons (Fsp3) is 0.0588. The summed E-state index contributed by atoms with van der Waals surface area (Å²) in [5, 5.41) is 16.0. The molecule has 0 amide bonds. The van der Waals surface area contributed by atoms with Crippen LogP contribution in [0.1, 0.15) is 22.3 Å². The zero-order valence-corrected chi connectivity index (χ0v) is 38.5. The molecule has 0 N–H and O–H groups in total. The van der Waals surface area contributed by atoms with Crippen molar-refractivity contribution in [3.05, 3.63) is 216 Å².